The van der Waals surface area contributed by atoms with Gasteiger partial charge in [-0.15, -0.1) is 0 Å². The molecule has 30 heavy (non-hydrogen) atoms. The Morgan fingerprint density at radius 2 is 1.77 bits per heavy atom. The number of aromatic nitrogens is 1. The topological polar surface area (TPSA) is 65.5 Å². The van der Waals surface area contributed by atoms with Crippen LogP contribution in [0.15, 0.2) is 46.9 Å². The van der Waals surface area contributed by atoms with Gasteiger partial charge < -0.3 is 9.47 Å². The standard InChI is InChI=1S/C23H19BrClNO4/c1-3-20(27)29-19-7-5-6-14-8-10-17(26-22(14)19)11-9-15-12-16(25)13-18(24)23(15)30-21(28)4-2/h5-13H,3-4H2,1-2H3/b11-9-. The van der Waals surface area contributed by atoms with E-state index in [-0.39, 0.29) is 24.8 Å². The summed E-state index contributed by atoms with van der Waals surface area (Å²) in [5, 5.41) is 1.36. The molecule has 0 aliphatic carbocycles. The van der Waals surface area contributed by atoms with Crippen LogP contribution >= 0.6 is 27.5 Å². The molecule has 1 heterocycles. The number of carbonyl (C=O) groups is 2. The van der Waals surface area contributed by atoms with Crippen molar-refractivity contribution >= 4 is 62.5 Å². The lowest BCUT2D eigenvalue weighted by Crippen LogP contribution is -2.07. The first-order valence-corrected chi connectivity index (χ1v) is 10.6. The van der Waals surface area contributed by atoms with Gasteiger partial charge in [-0.1, -0.05) is 43.6 Å². The van der Waals surface area contributed by atoms with E-state index in [2.05, 4.69) is 20.9 Å². The normalized spacial score (nSPS) is 11.1. The number of halogens is 2. The lowest BCUT2D eigenvalue weighted by molar-refractivity contribution is -0.134. The molecule has 0 unspecified atom stereocenters. The van der Waals surface area contributed by atoms with Gasteiger partial charge in [0, 0.05) is 28.8 Å². The maximum absolute atomic E-state index is 11.8. The van der Waals surface area contributed by atoms with Gasteiger partial charge in [0.1, 0.15) is 5.52 Å². The van der Waals surface area contributed by atoms with Crippen LogP contribution in [0, 0.1) is 0 Å². The first kappa shape index (κ1) is 22.0. The Morgan fingerprint density at radius 1 is 1.03 bits per heavy atom. The molecule has 0 fully saturated rings. The summed E-state index contributed by atoms with van der Waals surface area (Å²) in [5.74, 6) is 0.133. The van der Waals surface area contributed by atoms with Gasteiger partial charge >= 0.3 is 11.9 Å². The number of fused-ring (bicyclic) bond motifs is 1. The molecule has 0 N–H and O–H groups in total. The fourth-order valence-corrected chi connectivity index (χ4v) is 3.59. The van der Waals surface area contributed by atoms with Crippen molar-refractivity contribution in [3.05, 3.63) is 63.2 Å². The van der Waals surface area contributed by atoms with E-state index < -0.39 is 0 Å². The molecule has 154 valence electrons. The zero-order valence-electron chi connectivity index (χ0n) is 16.4. The second-order valence-electron chi connectivity index (χ2n) is 6.36. The maximum Gasteiger partial charge on any atom is 0.310 e. The predicted molar refractivity (Wildman–Crippen MR) is 122 cm³/mol. The number of hydrogen-bond donors (Lipinski definition) is 0. The smallest absolute Gasteiger partial charge is 0.310 e. The molecule has 0 radical (unpaired) electrons. The van der Waals surface area contributed by atoms with Gasteiger partial charge in [0.05, 0.1) is 10.2 Å². The zero-order chi connectivity index (χ0) is 21.7. The monoisotopic (exact) mass is 487 g/mol. The number of hydrogen-bond acceptors (Lipinski definition) is 5. The van der Waals surface area contributed by atoms with Crippen molar-refractivity contribution in [2.45, 2.75) is 26.7 Å². The molecular formula is C23H19BrClNO4. The van der Waals surface area contributed by atoms with Crippen molar-refractivity contribution in [3.63, 3.8) is 0 Å². The second-order valence-corrected chi connectivity index (χ2v) is 7.65. The molecule has 0 saturated heterocycles. The number of para-hydroxylation sites is 1. The Hall–Kier alpha value is -2.70. The van der Waals surface area contributed by atoms with Gasteiger partial charge in [0.2, 0.25) is 0 Å². The van der Waals surface area contributed by atoms with Crippen LogP contribution in [0.1, 0.15) is 37.9 Å². The highest BCUT2D eigenvalue weighted by atomic mass is 79.9. The number of benzene rings is 2. The molecule has 0 spiro atoms. The van der Waals surface area contributed by atoms with Crippen LogP contribution in [0.2, 0.25) is 5.02 Å². The molecule has 0 aliphatic heterocycles. The van der Waals surface area contributed by atoms with E-state index in [1.165, 1.54) is 0 Å². The van der Waals surface area contributed by atoms with Crippen LogP contribution in [0.4, 0.5) is 0 Å². The number of carbonyl (C=O) groups excluding carboxylic acids is 2. The van der Waals surface area contributed by atoms with Gasteiger partial charge in [-0.25, -0.2) is 4.98 Å². The molecule has 3 aromatic rings. The summed E-state index contributed by atoms with van der Waals surface area (Å²) in [7, 11) is 0. The summed E-state index contributed by atoms with van der Waals surface area (Å²) in [6.07, 6.45) is 4.07. The lowest BCUT2D eigenvalue weighted by atomic mass is 10.1. The van der Waals surface area contributed by atoms with E-state index in [0.29, 0.717) is 37.8 Å². The minimum Gasteiger partial charge on any atom is -0.425 e. The van der Waals surface area contributed by atoms with Crippen molar-refractivity contribution in [1.82, 2.24) is 4.98 Å². The summed E-state index contributed by atoms with van der Waals surface area (Å²) >= 11 is 9.56. The highest BCUT2D eigenvalue weighted by Gasteiger charge is 2.13. The molecule has 3 rings (SSSR count). The van der Waals surface area contributed by atoms with E-state index in [0.717, 1.165) is 5.39 Å². The van der Waals surface area contributed by atoms with E-state index in [4.69, 9.17) is 21.1 Å². The van der Waals surface area contributed by atoms with Crippen LogP contribution in [0.3, 0.4) is 0 Å². The Labute approximate surface area is 187 Å². The van der Waals surface area contributed by atoms with Gasteiger partial charge in [-0.3, -0.25) is 9.59 Å². The van der Waals surface area contributed by atoms with Gasteiger partial charge in [0.15, 0.2) is 11.5 Å². The first-order valence-electron chi connectivity index (χ1n) is 9.39. The minimum atomic E-state index is -0.348. The molecule has 1 aromatic heterocycles. The number of pyridine rings is 1. The number of rotatable bonds is 6. The molecule has 0 aliphatic rings. The molecule has 5 nitrogen and oxygen atoms in total. The number of nitrogens with zero attached hydrogens (tertiary/aromatic N) is 1. The highest BCUT2D eigenvalue weighted by Crippen LogP contribution is 2.34. The Morgan fingerprint density at radius 3 is 2.50 bits per heavy atom. The summed E-state index contributed by atoms with van der Waals surface area (Å²) in [5.41, 5.74) is 1.86. The van der Waals surface area contributed by atoms with Crippen LogP contribution in [-0.4, -0.2) is 16.9 Å². The molecule has 7 heteroatoms. The molecule has 0 amide bonds. The Bertz CT molecular complexity index is 1140. The molecular weight excluding hydrogens is 470 g/mol. The second kappa shape index (κ2) is 9.87. The molecule has 0 bridgehead atoms. The van der Waals surface area contributed by atoms with Crippen molar-refractivity contribution in [2.75, 3.05) is 0 Å². The average Bonchev–Trinajstić information content (AvgIpc) is 2.74. The van der Waals surface area contributed by atoms with Crippen molar-refractivity contribution in [3.8, 4) is 11.5 Å². The average molecular weight is 489 g/mol. The summed E-state index contributed by atoms with van der Waals surface area (Å²) in [6.45, 7) is 3.46. The van der Waals surface area contributed by atoms with Gasteiger partial charge in [0.25, 0.3) is 0 Å². The van der Waals surface area contributed by atoms with E-state index in [1.807, 2.05) is 24.3 Å². The Balaban J connectivity index is 1.99. The molecule has 2 aromatic carbocycles. The van der Waals surface area contributed by atoms with Crippen LogP contribution < -0.4 is 9.47 Å². The fraction of sp³-hybridized carbons (Fsp3) is 0.174. The minimum absolute atomic E-state index is 0.254. The Kier molecular flexibility index (Phi) is 7.24. The SMILES string of the molecule is CCC(=O)Oc1c(Br)cc(Cl)cc1/C=C\c1ccc2cccc(OC(=O)CC)c2n1. The zero-order valence-corrected chi connectivity index (χ0v) is 18.8. The third-order valence-corrected chi connectivity index (χ3v) is 5.00. The van der Waals surface area contributed by atoms with E-state index in [1.54, 1.807) is 44.2 Å². The van der Waals surface area contributed by atoms with Gasteiger partial charge in [-0.2, -0.15) is 0 Å². The van der Waals surface area contributed by atoms with Crippen LogP contribution in [0.5, 0.6) is 11.5 Å². The fourth-order valence-electron chi connectivity index (χ4n) is 2.68. The van der Waals surface area contributed by atoms with Crippen molar-refractivity contribution in [1.29, 1.82) is 0 Å². The summed E-state index contributed by atoms with van der Waals surface area (Å²) in [6, 6.07) is 12.5. The number of ether oxygens (including phenoxy) is 2. The maximum atomic E-state index is 11.8. The summed E-state index contributed by atoms with van der Waals surface area (Å²) < 4.78 is 11.4. The van der Waals surface area contributed by atoms with Crippen molar-refractivity contribution < 1.29 is 19.1 Å². The third-order valence-electron chi connectivity index (χ3n) is 4.19. The highest BCUT2D eigenvalue weighted by molar-refractivity contribution is 9.10. The molecule has 0 atom stereocenters. The predicted octanol–water partition coefficient (Wildman–Crippen LogP) is 6.45. The van der Waals surface area contributed by atoms with E-state index in [9.17, 15) is 9.59 Å². The quantitative estimate of drug-likeness (QED) is 0.294. The number of esters is 2. The lowest BCUT2D eigenvalue weighted by Gasteiger charge is -2.10. The van der Waals surface area contributed by atoms with E-state index >= 15 is 0 Å². The largest absolute Gasteiger partial charge is 0.425 e. The first-order chi connectivity index (χ1) is 14.4. The summed E-state index contributed by atoms with van der Waals surface area (Å²) in [4.78, 5) is 28.1. The van der Waals surface area contributed by atoms with Crippen LogP contribution in [-0.2, 0) is 9.59 Å². The van der Waals surface area contributed by atoms with Crippen molar-refractivity contribution in [2.24, 2.45) is 0 Å². The van der Waals surface area contributed by atoms with Gasteiger partial charge in [-0.05, 0) is 52.3 Å². The molecule has 0 saturated carbocycles. The third kappa shape index (κ3) is 5.26. The van der Waals surface area contributed by atoms with Crippen LogP contribution in [0.25, 0.3) is 23.1 Å².